The van der Waals surface area contributed by atoms with Crippen LogP contribution in [0.4, 0.5) is 13.2 Å². The molecule has 0 unspecified atom stereocenters. The van der Waals surface area contributed by atoms with Crippen LogP contribution < -0.4 is 4.74 Å². The van der Waals surface area contributed by atoms with Gasteiger partial charge in [-0.05, 0) is 19.1 Å². The van der Waals surface area contributed by atoms with E-state index >= 15 is 0 Å². The average Bonchev–Trinajstić information content (AvgIpc) is 2.25. The second kappa shape index (κ2) is 5.21. The Morgan fingerprint density at radius 3 is 2.53 bits per heavy atom. The van der Waals surface area contributed by atoms with E-state index in [2.05, 4.69) is 0 Å². The molecule has 0 aliphatic heterocycles. The van der Waals surface area contributed by atoms with Crippen LogP contribution in [-0.4, -0.2) is 19.1 Å². The smallest absolute Gasteiger partial charge is 0.389 e. The Balaban J connectivity index is 2.84. The second-order valence-electron chi connectivity index (χ2n) is 3.74. The summed E-state index contributed by atoms with van der Waals surface area (Å²) in [6, 6.07) is 4.85. The Morgan fingerprint density at radius 2 is 2.00 bits per heavy atom. The minimum Gasteiger partial charge on any atom is -0.496 e. The van der Waals surface area contributed by atoms with Crippen molar-refractivity contribution in [3.05, 3.63) is 29.3 Å². The van der Waals surface area contributed by atoms with Crippen molar-refractivity contribution in [3.63, 3.8) is 0 Å². The molecule has 1 aromatic carbocycles. The van der Waals surface area contributed by atoms with E-state index in [-0.39, 0.29) is 5.56 Å². The number of aryl methyl sites for hydroxylation is 1. The Kier molecular flexibility index (Phi) is 4.15. The number of halogens is 3. The molecular weight excluding hydrogens is 233 g/mol. The Labute approximate surface area is 97.4 Å². The number of carbonyl (C=O) groups excluding carboxylic acids is 1. The predicted octanol–water partition coefficient (Wildman–Crippen LogP) is 3.53. The summed E-state index contributed by atoms with van der Waals surface area (Å²) in [5.41, 5.74) is 1.01. The molecule has 0 bridgehead atoms. The maximum Gasteiger partial charge on any atom is 0.389 e. The lowest BCUT2D eigenvalue weighted by Crippen LogP contribution is -2.11. The van der Waals surface area contributed by atoms with Crippen LogP contribution in [0.2, 0.25) is 0 Å². The van der Waals surface area contributed by atoms with Crippen LogP contribution in [0.15, 0.2) is 18.2 Å². The van der Waals surface area contributed by atoms with Crippen LogP contribution in [-0.2, 0) is 0 Å². The zero-order valence-electron chi connectivity index (χ0n) is 9.60. The molecule has 5 heteroatoms. The highest BCUT2D eigenvalue weighted by Crippen LogP contribution is 2.26. The van der Waals surface area contributed by atoms with Crippen molar-refractivity contribution in [1.82, 2.24) is 0 Å². The summed E-state index contributed by atoms with van der Waals surface area (Å²) in [4.78, 5) is 11.6. The summed E-state index contributed by atoms with van der Waals surface area (Å²) in [6.07, 6.45) is -5.97. The predicted molar refractivity (Wildman–Crippen MR) is 57.4 cm³/mol. The molecule has 0 radical (unpaired) electrons. The van der Waals surface area contributed by atoms with Gasteiger partial charge in [0, 0.05) is 6.42 Å². The molecule has 94 valence electrons. The first kappa shape index (κ1) is 13.5. The number of carbonyl (C=O) groups is 1. The minimum absolute atomic E-state index is 0.205. The van der Waals surface area contributed by atoms with Crippen molar-refractivity contribution < 1.29 is 22.7 Å². The zero-order chi connectivity index (χ0) is 13.1. The van der Waals surface area contributed by atoms with Gasteiger partial charge in [0.15, 0.2) is 5.78 Å². The standard InChI is InChI=1S/C12H13F3O2/c1-8-3-4-11(17-2)9(7-8)10(16)5-6-12(13,14)15/h3-4,7H,5-6H2,1-2H3. The fraction of sp³-hybridized carbons (Fsp3) is 0.417. The lowest BCUT2D eigenvalue weighted by molar-refractivity contribution is -0.133. The lowest BCUT2D eigenvalue weighted by Gasteiger charge is -2.09. The van der Waals surface area contributed by atoms with Crippen LogP contribution in [0.3, 0.4) is 0 Å². The van der Waals surface area contributed by atoms with Gasteiger partial charge in [-0.1, -0.05) is 11.6 Å². The fourth-order valence-electron chi connectivity index (χ4n) is 1.43. The number of benzene rings is 1. The third-order valence-electron chi connectivity index (χ3n) is 2.29. The van der Waals surface area contributed by atoms with Crippen molar-refractivity contribution in [3.8, 4) is 5.75 Å². The molecule has 0 spiro atoms. The van der Waals surface area contributed by atoms with E-state index < -0.39 is 24.8 Å². The van der Waals surface area contributed by atoms with Crippen LogP contribution in [0, 0.1) is 6.92 Å². The van der Waals surface area contributed by atoms with Gasteiger partial charge in [-0.3, -0.25) is 4.79 Å². The van der Waals surface area contributed by atoms with Gasteiger partial charge in [0.05, 0.1) is 19.1 Å². The molecule has 0 atom stereocenters. The first-order chi connectivity index (χ1) is 7.83. The highest BCUT2D eigenvalue weighted by atomic mass is 19.4. The summed E-state index contributed by atoms with van der Waals surface area (Å²) < 4.78 is 41.0. The summed E-state index contributed by atoms with van der Waals surface area (Å²) in [5, 5.41) is 0. The minimum atomic E-state index is -4.31. The maximum atomic E-state index is 12.0. The lowest BCUT2D eigenvalue weighted by atomic mass is 10.0. The Hall–Kier alpha value is -1.52. The summed E-state index contributed by atoms with van der Waals surface area (Å²) in [6.45, 7) is 1.76. The molecule has 0 aliphatic carbocycles. The molecule has 2 nitrogen and oxygen atoms in total. The van der Waals surface area contributed by atoms with Crippen LogP contribution >= 0.6 is 0 Å². The molecule has 0 N–H and O–H groups in total. The molecule has 17 heavy (non-hydrogen) atoms. The van der Waals surface area contributed by atoms with E-state index in [1.54, 1.807) is 19.1 Å². The number of ether oxygens (including phenoxy) is 1. The monoisotopic (exact) mass is 246 g/mol. The average molecular weight is 246 g/mol. The van der Waals surface area contributed by atoms with E-state index in [1.165, 1.54) is 13.2 Å². The Bertz CT molecular complexity index is 411. The van der Waals surface area contributed by atoms with Gasteiger partial charge >= 0.3 is 6.18 Å². The topological polar surface area (TPSA) is 26.3 Å². The van der Waals surface area contributed by atoms with E-state index in [9.17, 15) is 18.0 Å². The third-order valence-corrected chi connectivity index (χ3v) is 2.29. The van der Waals surface area contributed by atoms with E-state index in [4.69, 9.17) is 4.74 Å². The molecule has 1 rings (SSSR count). The molecule has 1 aromatic rings. The molecule has 0 amide bonds. The zero-order valence-corrected chi connectivity index (χ0v) is 9.60. The molecule has 0 saturated heterocycles. The summed E-state index contributed by atoms with van der Waals surface area (Å²) >= 11 is 0. The van der Waals surface area contributed by atoms with E-state index in [0.717, 1.165) is 5.56 Å². The molecule has 0 fully saturated rings. The highest BCUT2D eigenvalue weighted by Gasteiger charge is 2.28. The van der Waals surface area contributed by atoms with Crippen LogP contribution in [0.1, 0.15) is 28.8 Å². The van der Waals surface area contributed by atoms with Gasteiger partial charge in [-0.2, -0.15) is 13.2 Å². The van der Waals surface area contributed by atoms with Crippen molar-refractivity contribution in [1.29, 1.82) is 0 Å². The van der Waals surface area contributed by atoms with Gasteiger partial charge in [0.25, 0.3) is 0 Å². The number of rotatable bonds is 4. The number of alkyl halides is 3. The molecule has 0 aromatic heterocycles. The van der Waals surface area contributed by atoms with Gasteiger partial charge in [0.1, 0.15) is 5.75 Å². The van der Waals surface area contributed by atoms with Crippen LogP contribution in [0.5, 0.6) is 5.75 Å². The van der Waals surface area contributed by atoms with Crippen molar-refractivity contribution >= 4 is 5.78 Å². The van der Waals surface area contributed by atoms with Gasteiger partial charge < -0.3 is 4.74 Å². The van der Waals surface area contributed by atoms with Gasteiger partial charge in [0.2, 0.25) is 0 Å². The first-order valence-electron chi connectivity index (χ1n) is 5.08. The van der Waals surface area contributed by atoms with Gasteiger partial charge in [-0.25, -0.2) is 0 Å². The molecule has 0 aliphatic rings. The van der Waals surface area contributed by atoms with E-state index in [1.807, 2.05) is 0 Å². The Morgan fingerprint density at radius 1 is 1.35 bits per heavy atom. The normalized spacial score (nSPS) is 11.4. The second-order valence-corrected chi connectivity index (χ2v) is 3.74. The van der Waals surface area contributed by atoms with Crippen molar-refractivity contribution in [2.45, 2.75) is 25.9 Å². The summed E-state index contributed by atoms with van der Waals surface area (Å²) in [7, 11) is 1.38. The SMILES string of the molecule is COc1ccc(C)cc1C(=O)CCC(F)(F)F. The fourth-order valence-corrected chi connectivity index (χ4v) is 1.43. The van der Waals surface area contributed by atoms with Gasteiger partial charge in [-0.15, -0.1) is 0 Å². The molecule has 0 saturated carbocycles. The van der Waals surface area contributed by atoms with Crippen LogP contribution in [0.25, 0.3) is 0 Å². The quantitative estimate of drug-likeness (QED) is 0.760. The number of hydrogen-bond acceptors (Lipinski definition) is 2. The number of Topliss-reactive ketones (excluding diaryl/α,β-unsaturated/α-hetero) is 1. The highest BCUT2D eigenvalue weighted by molar-refractivity contribution is 5.98. The molecule has 0 heterocycles. The number of ketones is 1. The largest absolute Gasteiger partial charge is 0.496 e. The van der Waals surface area contributed by atoms with Crippen molar-refractivity contribution in [2.24, 2.45) is 0 Å². The molecular formula is C12H13F3O2. The first-order valence-corrected chi connectivity index (χ1v) is 5.08. The number of methoxy groups -OCH3 is 1. The third kappa shape index (κ3) is 4.09. The number of hydrogen-bond donors (Lipinski definition) is 0. The summed E-state index contributed by atoms with van der Waals surface area (Å²) in [5.74, 6) is -0.245. The van der Waals surface area contributed by atoms with Crippen molar-refractivity contribution in [2.75, 3.05) is 7.11 Å². The maximum absolute atomic E-state index is 12.0. The van der Waals surface area contributed by atoms with E-state index in [0.29, 0.717) is 5.75 Å².